The molecule has 0 spiro atoms. The third-order valence-corrected chi connectivity index (χ3v) is 7.51. The second-order valence-corrected chi connectivity index (χ2v) is 10.6. The molecule has 2 fully saturated rings. The van der Waals surface area contributed by atoms with Crippen molar-refractivity contribution < 1.29 is 57.4 Å². The largest absolute Gasteiger partial charge is 0.508 e. The number of benzene rings is 4. The Hall–Kier alpha value is -5.72. The van der Waals surface area contributed by atoms with Gasteiger partial charge in [-0.15, -0.1) is 0 Å². The van der Waals surface area contributed by atoms with E-state index in [4.69, 9.17) is 33.2 Å². The Morgan fingerprint density at radius 2 is 0.872 bits per heavy atom. The molecule has 4 aromatic rings. The van der Waals surface area contributed by atoms with Gasteiger partial charge in [-0.05, 0) is 97.1 Å². The summed E-state index contributed by atoms with van der Waals surface area (Å²) in [5.41, 5.74) is 1.05. The van der Waals surface area contributed by atoms with Crippen LogP contribution >= 0.6 is 0 Å². The lowest BCUT2D eigenvalue weighted by molar-refractivity contribution is -0.0287. The molecule has 6 rings (SSSR count). The van der Waals surface area contributed by atoms with Crippen molar-refractivity contribution >= 4 is 23.9 Å². The molecule has 1 N–H and O–H groups in total. The molecule has 4 unspecified atom stereocenters. The highest BCUT2D eigenvalue weighted by atomic mass is 16.7. The Morgan fingerprint density at radius 1 is 0.532 bits per heavy atom. The van der Waals surface area contributed by atoms with Crippen LogP contribution in [-0.2, 0) is 18.9 Å². The van der Waals surface area contributed by atoms with Gasteiger partial charge in [-0.2, -0.15) is 0 Å². The number of fused-ring (bicyclic) bond motifs is 1. The Kier molecular flexibility index (Phi) is 9.13. The highest BCUT2D eigenvalue weighted by molar-refractivity contribution is 5.93. The molecule has 0 bridgehead atoms. The smallest absolute Gasteiger partial charge is 0.343 e. The Balaban J connectivity index is 0.981. The van der Waals surface area contributed by atoms with Crippen LogP contribution in [0.15, 0.2) is 97.1 Å². The van der Waals surface area contributed by atoms with Crippen LogP contribution < -0.4 is 14.2 Å². The van der Waals surface area contributed by atoms with Gasteiger partial charge in [0, 0.05) is 0 Å². The minimum Gasteiger partial charge on any atom is -0.508 e. The summed E-state index contributed by atoms with van der Waals surface area (Å²) in [6, 6.07) is 23.8. The molecule has 47 heavy (non-hydrogen) atoms. The summed E-state index contributed by atoms with van der Waals surface area (Å²) in [7, 11) is 1.53. The molecule has 0 amide bonds. The molecule has 4 atom stereocenters. The highest BCUT2D eigenvalue weighted by Gasteiger charge is 2.51. The number of esters is 4. The van der Waals surface area contributed by atoms with Crippen molar-refractivity contribution in [3.05, 3.63) is 119 Å². The van der Waals surface area contributed by atoms with Crippen molar-refractivity contribution in [3.63, 3.8) is 0 Å². The average molecular weight is 641 g/mol. The maximum absolute atomic E-state index is 12.9. The number of carbonyl (C=O) groups is 4. The summed E-state index contributed by atoms with van der Waals surface area (Å²) < 4.78 is 38.6. The Bertz CT molecular complexity index is 1750. The first-order valence-corrected chi connectivity index (χ1v) is 14.5. The summed E-state index contributed by atoms with van der Waals surface area (Å²) in [6.45, 7) is 0.0967. The first kappa shape index (κ1) is 31.3. The maximum Gasteiger partial charge on any atom is 0.343 e. The molecule has 12 heteroatoms. The van der Waals surface area contributed by atoms with Crippen LogP contribution in [0.3, 0.4) is 0 Å². The van der Waals surface area contributed by atoms with E-state index in [1.165, 1.54) is 79.9 Å². The number of phenols is 1. The fourth-order valence-electron chi connectivity index (χ4n) is 5.02. The molecule has 2 aliphatic rings. The fourth-order valence-corrected chi connectivity index (χ4v) is 5.02. The van der Waals surface area contributed by atoms with Gasteiger partial charge in [-0.1, -0.05) is 0 Å². The summed E-state index contributed by atoms with van der Waals surface area (Å²) in [4.78, 5) is 50.4. The highest BCUT2D eigenvalue weighted by Crippen LogP contribution is 2.32. The third kappa shape index (κ3) is 7.24. The molecule has 0 radical (unpaired) electrons. The van der Waals surface area contributed by atoms with Gasteiger partial charge < -0.3 is 38.3 Å². The minimum absolute atomic E-state index is 0.0260. The van der Waals surface area contributed by atoms with Gasteiger partial charge in [0.05, 0.1) is 42.6 Å². The fraction of sp³-hybridized carbons (Fsp3) is 0.200. The predicted molar refractivity (Wildman–Crippen MR) is 162 cm³/mol. The first-order valence-electron chi connectivity index (χ1n) is 14.5. The van der Waals surface area contributed by atoms with Crippen molar-refractivity contribution in [2.45, 2.75) is 24.4 Å². The normalized spacial score (nSPS) is 19.7. The van der Waals surface area contributed by atoms with Gasteiger partial charge in [0.2, 0.25) is 0 Å². The van der Waals surface area contributed by atoms with Gasteiger partial charge in [-0.3, -0.25) is 0 Å². The molecule has 0 aliphatic carbocycles. The zero-order chi connectivity index (χ0) is 32.9. The van der Waals surface area contributed by atoms with E-state index in [9.17, 15) is 24.3 Å². The summed E-state index contributed by atoms with van der Waals surface area (Å²) in [5, 5.41) is 9.37. The summed E-state index contributed by atoms with van der Waals surface area (Å²) in [6.07, 6.45) is -2.74. The average Bonchev–Trinajstić information content (AvgIpc) is 3.68. The van der Waals surface area contributed by atoms with E-state index < -0.39 is 48.3 Å². The number of hydrogen-bond acceptors (Lipinski definition) is 12. The Morgan fingerprint density at radius 3 is 1.26 bits per heavy atom. The second-order valence-electron chi connectivity index (χ2n) is 10.6. The van der Waals surface area contributed by atoms with E-state index >= 15 is 0 Å². The van der Waals surface area contributed by atoms with Gasteiger partial charge in [-0.25, -0.2) is 19.2 Å². The third-order valence-electron chi connectivity index (χ3n) is 7.51. The van der Waals surface area contributed by atoms with Gasteiger partial charge in [0.1, 0.15) is 35.2 Å². The van der Waals surface area contributed by atoms with Crippen LogP contribution in [0.1, 0.15) is 41.4 Å². The van der Waals surface area contributed by atoms with E-state index in [1.807, 2.05) is 0 Å². The zero-order valence-electron chi connectivity index (χ0n) is 24.9. The lowest BCUT2D eigenvalue weighted by Crippen LogP contribution is -2.36. The van der Waals surface area contributed by atoms with Gasteiger partial charge >= 0.3 is 23.9 Å². The first-order chi connectivity index (χ1) is 22.8. The number of rotatable bonds is 9. The number of phenolic OH excluding ortho intramolecular Hbond substituents is 1. The number of aromatic hydroxyl groups is 1. The van der Waals surface area contributed by atoms with Gasteiger partial charge in [0.25, 0.3) is 0 Å². The molecule has 240 valence electrons. The van der Waals surface area contributed by atoms with Crippen LogP contribution in [-0.4, -0.2) is 73.7 Å². The second kappa shape index (κ2) is 13.7. The number of methoxy groups -OCH3 is 1. The van der Waals surface area contributed by atoms with E-state index in [0.717, 1.165) is 0 Å². The molecule has 12 nitrogen and oxygen atoms in total. The van der Waals surface area contributed by atoms with E-state index in [-0.39, 0.29) is 47.2 Å². The molecule has 2 heterocycles. The van der Waals surface area contributed by atoms with E-state index in [2.05, 4.69) is 0 Å². The lowest BCUT2D eigenvalue weighted by Gasteiger charge is -2.17. The lowest BCUT2D eigenvalue weighted by atomic mass is 10.1. The van der Waals surface area contributed by atoms with Crippen LogP contribution in [0.5, 0.6) is 23.0 Å². The molecule has 2 aliphatic heterocycles. The molecule has 0 saturated carbocycles. The standard InChI is InChI=1S/C35H28O12/c1-41-25-12-4-21(5-13-25)33(38)45-27-16-8-23(9-17-27)35(40)47-29-19-43-30-28(18-42-31(29)30)46-34(39)22-6-14-26(15-7-22)44-32(37)20-2-10-24(36)11-3-20/h2-17,28-31,36H,18-19H2,1H3. The van der Waals surface area contributed by atoms with Crippen LogP contribution in [0.4, 0.5) is 0 Å². The molecule has 4 aromatic carbocycles. The maximum atomic E-state index is 12.9. The van der Waals surface area contributed by atoms with Crippen LogP contribution in [0, 0.1) is 0 Å². The molecule has 2 saturated heterocycles. The number of ether oxygens (including phenoxy) is 7. The van der Waals surface area contributed by atoms with E-state index in [0.29, 0.717) is 11.3 Å². The van der Waals surface area contributed by atoms with Crippen molar-refractivity contribution in [3.8, 4) is 23.0 Å². The van der Waals surface area contributed by atoms with Crippen molar-refractivity contribution in [2.75, 3.05) is 20.3 Å². The van der Waals surface area contributed by atoms with Crippen molar-refractivity contribution in [1.29, 1.82) is 0 Å². The zero-order valence-corrected chi connectivity index (χ0v) is 24.9. The number of hydrogen-bond donors (Lipinski definition) is 1. The molecule has 0 aromatic heterocycles. The topological polar surface area (TPSA) is 153 Å². The van der Waals surface area contributed by atoms with Crippen molar-refractivity contribution in [2.24, 2.45) is 0 Å². The quantitative estimate of drug-likeness (QED) is 0.204. The van der Waals surface area contributed by atoms with Crippen molar-refractivity contribution in [1.82, 2.24) is 0 Å². The summed E-state index contributed by atoms with van der Waals surface area (Å²) >= 11 is 0. The number of carbonyl (C=O) groups excluding carboxylic acids is 4. The summed E-state index contributed by atoms with van der Waals surface area (Å²) in [5.74, 6) is -1.33. The monoisotopic (exact) mass is 640 g/mol. The van der Waals surface area contributed by atoms with E-state index in [1.54, 1.807) is 24.3 Å². The SMILES string of the molecule is COc1ccc(C(=O)Oc2ccc(C(=O)OC3COC4C(OC(=O)c5ccc(OC(=O)c6ccc(O)cc6)cc5)COC34)cc2)cc1. The molecular weight excluding hydrogens is 612 g/mol. The predicted octanol–water partition coefficient (Wildman–Crippen LogP) is 4.39. The minimum atomic E-state index is -0.733. The van der Waals surface area contributed by atoms with Crippen LogP contribution in [0.25, 0.3) is 0 Å². The Labute approximate surface area is 268 Å². The van der Waals surface area contributed by atoms with Gasteiger partial charge in [0.15, 0.2) is 12.2 Å². The molecular formula is C35H28O12. The van der Waals surface area contributed by atoms with Crippen LogP contribution in [0.2, 0.25) is 0 Å².